The van der Waals surface area contributed by atoms with Crippen LogP contribution in [0.15, 0.2) is 41.4 Å². The second-order valence-electron chi connectivity index (χ2n) is 6.55. The molecule has 0 spiro atoms. The molecule has 6 nitrogen and oxygen atoms in total. The SMILES string of the molecule is COc1cc(OC)c(C2CC(S(=O)(=O)c3cccc(C(F)(F)F)c3)CCO2)cn1. The van der Waals surface area contributed by atoms with E-state index in [0.29, 0.717) is 23.3 Å². The van der Waals surface area contributed by atoms with E-state index in [1.807, 2.05) is 0 Å². The van der Waals surface area contributed by atoms with Crippen LogP contribution in [0.1, 0.15) is 30.1 Å². The Morgan fingerprint density at radius 1 is 1.17 bits per heavy atom. The molecule has 1 aliphatic heterocycles. The van der Waals surface area contributed by atoms with Gasteiger partial charge in [-0.25, -0.2) is 13.4 Å². The van der Waals surface area contributed by atoms with Gasteiger partial charge in [0.25, 0.3) is 0 Å². The molecule has 0 N–H and O–H groups in total. The number of hydrogen-bond acceptors (Lipinski definition) is 6. The van der Waals surface area contributed by atoms with Crippen LogP contribution < -0.4 is 9.47 Å². The molecule has 158 valence electrons. The van der Waals surface area contributed by atoms with Gasteiger partial charge in [-0.2, -0.15) is 13.2 Å². The van der Waals surface area contributed by atoms with Gasteiger partial charge in [0, 0.05) is 24.4 Å². The van der Waals surface area contributed by atoms with Crippen molar-refractivity contribution in [2.45, 2.75) is 35.3 Å². The first-order valence-corrected chi connectivity index (χ1v) is 10.3. The Kier molecular flexibility index (Phi) is 6.04. The summed E-state index contributed by atoms with van der Waals surface area (Å²) in [6, 6.07) is 5.37. The molecule has 2 atom stereocenters. The highest BCUT2D eigenvalue weighted by Gasteiger charge is 2.37. The molecule has 1 aromatic carbocycles. The normalized spacial score (nSPS) is 20.3. The molecular weight excluding hydrogens is 411 g/mol. The van der Waals surface area contributed by atoms with Crippen molar-refractivity contribution in [2.24, 2.45) is 0 Å². The van der Waals surface area contributed by atoms with E-state index < -0.39 is 32.9 Å². The van der Waals surface area contributed by atoms with Gasteiger partial charge < -0.3 is 14.2 Å². The minimum absolute atomic E-state index is 0.0724. The van der Waals surface area contributed by atoms with Crippen LogP contribution in [0.5, 0.6) is 11.6 Å². The highest BCUT2D eigenvalue weighted by atomic mass is 32.2. The Bertz CT molecular complexity index is 978. The Morgan fingerprint density at radius 2 is 1.93 bits per heavy atom. The minimum atomic E-state index is -4.62. The molecule has 1 saturated heterocycles. The molecule has 0 saturated carbocycles. The standard InChI is InChI=1S/C19H20F3NO5S/c1-26-16-10-18(27-2)23-11-15(16)17-9-14(6-7-28-17)29(24,25)13-5-3-4-12(8-13)19(20,21)22/h3-5,8,10-11,14,17H,6-7,9H2,1-2H3. The smallest absolute Gasteiger partial charge is 0.416 e. The molecule has 29 heavy (non-hydrogen) atoms. The van der Waals surface area contributed by atoms with E-state index in [-0.39, 0.29) is 24.3 Å². The fourth-order valence-corrected chi connectivity index (χ4v) is 5.05. The number of benzene rings is 1. The van der Waals surface area contributed by atoms with Crippen molar-refractivity contribution < 1.29 is 35.8 Å². The van der Waals surface area contributed by atoms with Crippen LogP contribution in [-0.2, 0) is 20.8 Å². The lowest BCUT2D eigenvalue weighted by molar-refractivity contribution is -0.137. The van der Waals surface area contributed by atoms with Crippen molar-refractivity contribution in [1.82, 2.24) is 4.98 Å². The van der Waals surface area contributed by atoms with Gasteiger partial charge in [0.05, 0.1) is 36.0 Å². The topological polar surface area (TPSA) is 74.7 Å². The van der Waals surface area contributed by atoms with E-state index in [9.17, 15) is 21.6 Å². The highest BCUT2D eigenvalue weighted by Crippen LogP contribution is 2.39. The first-order chi connectivity index (χ1) is 13.7. The second kappa shape index (κ2) is 8.19. The summed E-state index contributed by atoms with van der Waals surface area (Å²) in [7, 11) is -1.07. The van der Waals surface area contributed by atoms with E-state index >= 15 is 0 Å². The van der Waals surface area contributed by atoms with Crippen LogP contribution in [0.4, 0.5) is 13.2 Å². The zero-order valence-corrected chi connectivity index (χ0v) is 16.6. The van der Waals surface area contributed by atoms with E-state index in [1.54, 1.807) is 6.07 Å². The summed E-state index contributed by atoms with van der Waals surface area (Å²) < 4.78 is 81.1. The molecule has 0 bridgehead atoms. The molecule has 1 aromatic heterocycles. The summed E-state index contributed by atoms with van der Waals surface area (Å²) in [5.41, 5.74) is -0.444. The molecule has 1 aliphatic rings. The predicted molar refractivity (Wildman–Crippen MR) is 97.7 cm³/mol. The summed E-state index contributed by atoms with van der Waals surface area (Å²) in [5, 5.41) is -0.892. The maximum atomic E-state index is 13.0. The zero-order valence-electron chi connectivity index (χ0n) is 15.8. The molecular formula is C19H20F3NO5S. The van der Waals surface area contributed by atoms with Crippen molar-refractivity contribution in [1.29, 1.82) is 0 Å². The molecule has 0 radical (unpaired) electrons. The Morgan fingerprint density at radius 3 is 2.59 bits per heavy atom. The third-order valence-electron chi connectivity index (χ3n) is 4.81. The van der Waals surface area contributed by atoms with Crippen LogP contribution in [0.2, 0.25) is 0 Å². The average molecular weight is 431 g/mol. The van der Waals surface area contributed by atoms with Gasteiger partial charge in [-0.3, -0.25) is 0 Å². The van der Waals surface area contributed by atoms with Crippen LogP contribution in [0.3, 0.4) is 0 Å². The molecule has 1 fully saturated rings. The largest absolute Gasteiger partial charge is 0.496 e. The number of halogens is 3. The lowest BCUT2D eigenvalue weighted by Gasteiger charge is -2.30. The highest BCUT2D eigenvalue weighted by molar-refractivity contribution is 7.92. The Balaban J connectivity index is 1.89. The number of pyridine rings is 1. The van der Waals surface area contributed by atoms with Gasteiger partial charge in [-0.1, -0.05) is 6.07 Å². The first-order valence-electron chi connectivity index (χ1n) is 8.77. The van der Waals surface area contributed by atoms with E-state index in [0.717, 1.165) is 12.1 Å². The van der Waals surface area contributed by atoms with Crippen molar-refractivity contribution >= 4 is 9.84 Å². The molecule has 2 aromatic rings. The number of alkyl halides is 3. The second-order valence-corrected chi connectivity index (χ2v) is 8.77. The summed E-state index contributed by atoms with van der Waals surface area (Å²) in [5.74, 6) is 0.758. The quantitative estimate of drug-likeness (QED) is 0.717. The van der Waals surface area contributed by atoms with Gasteiger partial charge in [0.2, 0.25) is 5.88 Å². The fourth-order valence-electron chi connectivity index (χ4n) is 3.27. The van der Waals surface area contributed by atoms with Crippen LogP contribution in [-0.4, -0.2) is 39.5 Å². The molecule has 2 heterocycles. The van der Waals surface area contributed by atoms with Crippen molar-refractivity contribution in [3.8, 4) is 11.6 Å². The number of nitrogens with zero attached hydrogens (tertiary/aromatic N) is 1. The van der Waals surface area contributed by atoms with Gasteiger partial charge in [0.1, 0.15) is 5.75 Å². The maximum Gasteiger partial charge on any atom is 0.416 e. The third-order valence-corrected chi connectivity index (χ3v) is 7.03. The Hall–Kier alpha value is -2.33. The van der Waals surface area contributed by atoms with Gasteiger partial charge in [0.15, 0.2) is 9.84 Å². The fraction of sp³-hybridized carbons (Fsp3) is 0.421. The van der Waals surface area contributed by atoms with Crippen LogP contribution in [0, 0.1) is 0 Å². The minimum Gasteiger partial charge on any atom is -0.496 e. The van der Waals surface area contributed by atoms with E-state index in [1.165, 1.54) is 26.5 Å². The lowest BCUT2D eigenvalue weighted by atomic mass is 10.0. The molecule has 10 heteroatoms. The van der Waals surface area contributed by atoms with E-state index in [2.05, 4.69) is 4.98 Å². The van der Waals surface area contributed by atoms with Crippen molar-refractivity contribution in [2.75, 3.05) is 20.8 Å². The Labute approximate surface area is 166 Å². The lowest BCUT2D eigenvalue weighted by Crippen LogP contribution is -2.31. The maximum absolute atomic E-state index is 13.0. The number of methoxy groups -OCH3 is 2. The number of sulfone groups is 1. The molecule has 2 unspecified atom stereocenters. The summed E-state index contributed by atoms with van der Waals surface area (Å²) >= 11 is 0. The number of aromatic nitrogens is 1. The molecule has 3 rings (SSSR count). The van der Waals surface area contributed by atoms with Gasteiger partial charge in [-0.15, -0.1) is 0 Å². The van der Waals surface area contributed by atoms with Crippen LogP contribution in [0.25, 0.3) is 0 Å². The average Bonchev–Trinajstić information content (AvgIpc) is 2.72. The number of hydrogen-bond donors (Lipinski definition) is 0. The summed E-state index contributed by atoms with van der Waals surface area (Å²) in [6.45, 7) is 0.142. The summed E-state index contributed by atoms with van der Waals surface area (Å²) in [4.78, 5) is 3.76. The summed E-state index contributed by atoms with van der Waals surface area (Å²) in [6.07, 6.45) is -3.50. The number of ether oxygens (including phenoxy) is 3. The van der Waals surface area contributed by atoms with Gasteiger partial charge >= 0.3 is 6.18 Å². The monoisotopic (exact) mass is 431 g/mol. The van der Waals surface area contributed by atoms with Crippen molar-refractivity contribution in [3.63, 3.8) is 0 Å². The third kappa shape index (κ3) is 4.48. The van der Waals surface area contributed by atoms with Gasteiger partial charge in [-0.05, 0) is 31.0 Å². The molecule has 0 aliphatic carbocycles. The number of rotatable bonds is 5. The van der Waals surface area contributed by atoms with E-state index in [4.69, 9.17) is 14.2 Å². The predicted octanol–water partition coefficient (Wildman–Crippen LogP) is 3.81. The first kappa shape index (κ1) is 21.4. The molecule has 0 amide bonds. The van der Waals surface area contributed by atoms with Crippen molar-refractivity contribution in [3.05, 3.63) is 47.7 Å². The zero-order chi connectivity index (χ0) is 21.2. The van der Waals surface area contributed by atoms with Crippen LogP contribution >= 0.6 is 0 Å².